The molecule has 2 heterocycles. The lowest BCUT2D eigenvalue weighted by atomic mass is 10.2. The fourth-order valence-corrected chi connectivity index (χ4v) is 1.54. The molecule has 96 valence electrons. The van der Waals surface area contributed by atoms with Crippen LogP contribution in [0.1, 0.15) is 20.8 Å². The van der Waals surface area contributed by atoms with Crippen molar-refractivity contribution in [3.63, 3.8) is 0 Å². The van der Waals surface area contributed by atoms with Crippen LogP contribution in [0.15, 0.2) is 42.9 Å². The van der Waals surface area contributed by atoms with Gasteiger partial charge in [-0.15, -0.1) is 0 Å². The summed E-state index contributed by atoms with van der Waals surface area (Å²) >= 11 is 0. The van der Waals surface area contributed by atoms with Crippen molar-refractivity contribution >= 4 is 17.6 Å². The minimum atomic E-state index is -1.17. The van der Waals surface area contributed by atoms with Crippen LogP contribution < -0.4 is 4.90 Å². The predicted octanol–water partition coefficient (Wildman–Crippen LogP) is 1.45. The van der Waals surface area contributed by atoms with Crippen LogP contribution in [0.3, 0.4) is 0 Å². The fourth-order valence-electron chi connectivity index (χ4n) is 1.54. The van der Waals surface area contributed by atoms with Crippen LogP contribution in [0.2, 0.25) is 0 Å². The highest BCUT2D eigenvalue weighted by Gasteiger charge is 2.15. The number of rotatable bonds is 3. The first-order chi connectivity index (χ1) is 9.09. The SMILES string of the molecule is CN(C(=O)c1ccnc(C(=O)O)c1)c1cccnc1. The molecule has 2 rings (SSSR count). The van der Waals surface area contributed by atoms with Gasteiger partial charge in [0, 0.05) is 25.0 Å². The van der Waals surface area contributed by atoms with Crippen molar-refractivity contribution in [3.05, 3.63) is 54.1 Å². The van der Waals surface area contributed by atoms with Crippen molar-refractivity contribution in [1.29, 1.82) is 0 Å². The average molecular weight is 257 g/mol. The van der Waals surface area contributed by atoms with Crippen molar-refractivity contribution in [3.8, 4) is 0 Å². The first kappa shape index (κ1) is 12.7. The van der Waals surface area contributed by atoms with Crippen molar-refractivity contribution in [2.45, 2.75) is 0 Å². The van der Waals surface area contributed by atoms with Gasteiger partial charge in [-0.25, -0.2) is 9.78 Å². The third kappa shape index (κ3) is 2.74. The molecule has 0 aliphatic heterocycles. The van der Waals surface area contributed by atoms with Gasteiger partial charge in [0.15, 0.2) is 0 Å². The topological polar surface area (TPSA) is 83.4 Å². The monoisotopic (exact) mass is 257 g/mol. The minimum absolute atomic E-state index is 0.162. The van der Waals surface area contributed by atoms with Crippen LogP contribution in [-0.4, -0.2) is 34.0 Å². The molecule has 1 N–H and O–H groups in total. The molecule has 0 unspecified atom stereocenters. The highest BCUT2D eigenvalue weighted by Crippen LogP contribution is 2.13. The third-order valence-electron chi connectivity index (χ3n) is 2.56. The Morgan fingerprint density at radius 2 is 2.05 bits per heavy atom. The molecule has 6 heteroatoms. The van der Waals surface area contributed by atoms with E-state index < -0.39 is 5.97 Å². The summed E-state index contributed by atoms with van der Waals surface area (Å²) < 4.78 is 0. The second-order valence-corrected chi connectivity index (χ2v) is 3.81. The Bertz CT molecular complexity index is 614. The molecule has 0 aliphatic rings. The van der Waals surface area contributed by atoms with Crippen molar-refractivity contribution in [2.75, 3.05) is 11.9 Å². The summed E-state index contributed by atoms with van der Waals surface area (Å²) in [5, 5.41) is 8.85. The van der Waals surface area contributed by atoms with E-state index in [1.54, 1.807) is 31.6 Å². The molecular weight excluding hydrogens is 246 g/mol. The zero-order chi connectivity index (χ0) is 13.8. The number of carboxylic acid groups (broad SMARTS) is 1. The number of aromatic nitrogens is 2. The fraction of sp³-hybridized carbons (Fsp3) is 0.0769. The zero-order valence-electron chi connectivity index (χ0n) is 10.1. The van der Waals surface area contributed by atoms with Gasteiger partial charge in [-0.05, 0) is 24.3 Å². The van der Waals surface area contributed by atoms with Gasteiger partial charge in [-0.2, -0.15) is 0 Å². The van der Waals surface area contributed by atoms with Crippen molar-refractivity contribution < 1.29 is 14.7 Å². The Kier molecular flexibility index (Phi) is 3.51. The Balaban J connectivity index is 2.29. The highest BCUT2D eigenvalue weighted by atomic mass is 16.4. The molecule has 0 spiro atoms. The number of carbonyl (C=O) groups excluding carboxylic acids is 1. The quantitative estimate of drug-likeness (QED) is 0.899. The summed E-state index contributed by atoms with van der Waals surface area (Å²) in [7, 11) is 1.60. The molecule has 0 atom stereocenters. The molecule has 0 bridgehead atoms. The molecule has 0 aliphatic carbocycles. The van der Waals surface area contributed by atoms with Crippen LogP contribution in [0, 0.1) is 0 Å². The molecule has 2 aromatic rings. The number of nitrogens with zero attached hydrogens (tertiary/aromatic N) is 3. The zero-order valence-corrected chi connectivity index (χ0v) is 10.1. The summed E-state index contributed by atoms with van der Waals surface area (Å²) in [4.78, 5) is 32.0. The maximum atomic E-state index is 12.2. The first-order valence-corrected chi connectivity index (χ1v) is 5.47. The van der Waals surface area contributed by atoms with Crippen LogP contribution in [0.25, 0.3) is 0 Å². The van der Waals surface area contributed by atoms with Crippen LogP contribution >= 0.6 is 0 Å². The van der Waals surface area contributed by atoms with Crippen molar-refractivity contribution in [1.82, 2.24) is 9.97 Å². The maximum Gasteiger partial charge on any atom is 0.354 e. The number of hydrogen-bond donors (Lipinski definition) is 1. The van der Waals surface area contributed by atoms with Crippen LogP contribution in [-0.2, 0) is 0 Å². The summed E-state index contributed by atoms with van der Waals surface area (Å²) in [5.41, 5.74) is 0.727. The van der Waals surface area contributed by atoms with E-state index in [2.05, 4.69) is 9.97 Å². The molecule has 0 fully saturated rings. The van der Waals surface area contributed by atoms with E-state index in [1.807, 2.05) is 0 Å². The Hall–Kier alpha value is -2.76. The van der Waals surface area contributed by atoms with E-state index in [0.717, 1.165) is 0 Å². The second-order valence-electron chi connectivity index (χ2n) is 3.81. The first-order valence-electron chi connectivity index (χ1n) is 5.47. The van der Waals surface area contributed by atoms with Gasteiger partial charge >= 0.3 is 5.97 Å². The van der Waals surface area contributed by atoms with Gasteiger partial charge in [-0.1, -0.05) is 0 Å². The molecule has 19 heavy (non-hydrogen) atoms. The largest absolute Gasteiger partial charge is 0.477 e. The highest BCUT2D eigenvalue weighted by molar-refractivity contribution is 6.06. The standard InChI is InChI=1S/C13H11N3O3/c1-16(10-3-2-5-14-8-10)12(17)9-4-6-15-11(7-9)13(18)19/h2-8H,1H3,(H,18,19). The Morgan fingerprint density at radius 3 is 2.68 bits per heavy atom. The second kappa shape index (κ2) is 5.26. The normalized spacial score (nSPS) is 9.95. The van der Waals surface area contributed by atoms with Gasteiger partial charge in [0.05, 0.1) is 11.9 Å². The lowest BCUT2D eigenvalue weighted by molar-refractivity contribution is 0.0690. The van der Waals surface area contributed by atoms with Gasteiger partial charge < -0.3 is 10.0 Å². The van der Waals surface area contributed by atoms with E-state index in [1.165, 1.54) is 23.2 Å². The van der Waals surface area contributed by atoms with E-state index in [0.29, 0.717) is 5.69 Å². The number of pyridine rings is 2. The smallest absolute Gasteiger partial charge is 0.354 e. The molecule has 0 aromatic carbocycles. The summed E-state index contributed by atoms with van der Waals surface area (Å²) in [6.45, 7) is 0. The number of aromatic carboxylic acids is 1. The summed E-state index contributed by atoms with van der Waals surface area (Å²) in [5.74, 6) is -1.49. The van der Waals surface area contributed by atoms with Crippen molar-refractivity contribution in [2.24, 2.45) is 0 Å². The number of amides is 1. The Labute approximate surface area is 109 Å². The molecule has 1 amide bonds. The minimum Gasteiger partial charge on any atom is -0.477 e. The third-order valence-corrected chi connectivity index (χ3v) is 2.56. The Morgan fingerprint density at radius 1 is 1.26 bits per heavy atom. The molecule has 0 saturated carbocycles. The van der Waals surface area contributed by atoms with Crippen LogP contribution in [0.5, 0.6) is 0 Å². The van der Waals surface area contributed by atoms with Gasteiger partial charge in [0.25, 0.3) is 5.91 Å². The average Bonchev–Trinajstić information content (AvgIpc) is 2.46. The molecular formula is C13H11N3O3. The number of carbonyl (C=O) groups is 2. The molecule has 2 aromatic heterocycles. The summed E-state index contributed by atoms with van der Waals surface area (Å²) in [6.07, 6.45) is 4.46. The van der Waals surface area contributed by atoms with E-state index in [4.69, 9.17) is 5.11 Å². The van der Waals surface area contributed by atoms with E-state index in [9.17, 15) is 9.59 Å². The van der Waals surface area contributed by atoms with Gasteiger partial charge in [0.1, 0.15) is 5.69 Å². The van der Waals surface area contributed by atoms with E-state index >= 15 is 0 Å². The molecule has 0 saturated heterocycles. The number of carboxylic acids is 1. The van der Waals surface area contributed by atoms with Crippen LogP contribution in [0.4, 0.5) is 5.69 Å². The maximum absolute atomic E-state index is 12.2. The summed E-state index contributed by atoms with van der Waals surface area (Å²) in [6, 6.07) is 6.18. The molecule has 6 nitrogen and oxygen atoms in total. The number of anilines is 1. The molecule has 0 radical (unpaired) electrons. The number of hydrogen-bond acceptors (Lipinski definition) is 4. The van der Waals surface area contributed by atoms with E-state index in [-0.39, 0.29) is 17.2 Å². The predicted molar refractivity (Wildman–Crippen MR) is 68.2 cm³/mol. The lowest BCUT2D eigenvalue weighted by Crippen LogP contribution is -2.26. The lowest BCUT2D eigenvalue weighted by Gasteiger charge is -2.16. The van der Waals surface area contributed by atoms with Gasteiger partial charge in [-0.3, -0.25) is 9.78 Å². The van der Waals surface area contributed by atoms with Gasteiger partial charge in [0.2, 0.25) is 0 Å².